The van der Waals surface area contributed by atoms with E-state index in [0.717, 1.165) is 0 Å². The summed E-state index contributed by atoms with van der Waals surface area (Å²) in [6, 6.07) is 5.03. The van der Waals surface area contributed by atoms with Gasteiger partial charge in [-0.05, 0) is 18.1 Å². The van der Waals surface area contributed by atoms with Crippen molar-refractivity contribution in [1.82, 2.24) is 5.32 Å². The van der Waals surface area contributed by atoms with E-state index in [-0.39, 0.29) is 12.0 Å². The van der Waals surface area contributed by atoms with E-state index in [9.17, 15) is 14.0 Å². The molecule has 0 fully saturated rings. The molecule has 1 aromatic rings. The van der Waals surface area contributed by atoms with Crippen molar-refractivity contribution in [3.05, 3.63) is 35.6 Å². The van der Waals surface area contributed by atoms with Gasteiger partial charge in [0, 0.05) is 0 Å². The molecular weight excluding hydrogens is 237 g/mol. The van der Waals surface area contributed by atoms with Crippen LogP contribution in [0.5, 0.6) is 0 Å². The van der Waals surface area contributed by atoms with Gasteiger partial charge in [-0.25, -0.2) is 9.18 Å². The maximum Gasteiger partial charge on any atom is 0.326 e. The van der Waals surface area contributed by atoms with Crippen LogP contribution in [-0.2, 0) is 16.0 Å². The molecule has 0 heterocycles. The molecule has 98 valence electrons. The molecule has 0 radical (unpaired) electrons. The van der Waals surface area contributed by atoms with Crippen LogP contribution >= 0.6 is 0 Å². The van der Waals surface area contributed by atoms with E-state index in [1.807, 2.05) is 6.92 Å². The molecular formula is C13H16FNO3. The summed E-state index contributed by atoms with van der Waals surface area (Å²) >= 11 is 0. The molecule has 5 heteroatoms. The van der Waals surface area contributed by atoms with Crippen LogP contribution in [-0.4, -0.2) is 23.0 Å². The third kappa shape index (κ3) is 4.16. The van der Waals surface area contributed by atoms with E-state index in [1.165, 1.54) is 18.2 Å². The second-order valence-corrected chi connectivity index (χ2v) is 4.02. The van der Waals surface area contributed by atoms with Gasteiger partial charge < -0.3 is 10.4 Å². The molecule has 0 spiro atoms. The van der Waals surface area contributed by atoms with Crippen LogP contribution in [0.4, 0.5) is 4.39 Å². The van der Waals surface area contributed by atoms with Gasteiger partial charge in [-0.1, -0.05) is 31.5 Å². The fourth-order valence-corrected chi connectivity index (χ4v) is 1.61. The number of carboxylic acid groups (broad SMARTS) is 1. The topological polar surface area (TPSA) is 66.4 Å². The zero-order valence-electron chi connectivity index (χ0n) is 10.1. The van der Waals surface area contributed by atoms with Crippen LogP contribution in [0.15, 0.2) is 24.3 Å². The monoisotopic (exact) mass is 253 g/mol. The van der Waals surface area contributed by atoms with E-state index in [2.05, 4.69) is 5.32 Å². The van der Waals surface area contributed by atoms with Crippen LogP contribution in [0.3, 0.4) is 0 Å². The summed E-state index contributed by atoms with van der Waals surface area (Å²) in [6.45, 7) is 1.83. The van der Waals surface area contributed by atoms with Gasteiger partial charge in [0.25, 0.3) is 0 Å². The molecule has 0 aliphatic heterocycles. The number of aliphatic carboxylic acids is 1. The molecule has 0 aliphatic rings. The van der Waals surface area contributed by atoms with Crippen molar-refractivity contribution >= 4 is 11.9 Å². The molecule has 0 saturated carbocycles. The number of halogens is 1. The largest absolute Gasteiger partial charge is 0.480 e. The highest BCUT2D eigenvalue weighted by molar-refractivity contribution is 5.84. The Hall–Kier alpha value is -1.91. The van der Waals surface area contributed by atoms with Gasteiger partial charge in [0.15, 0.2) is 0 Å². The number of amides is 1. The van der Waals surface area contributed by atoms with Crippen LogP contribution in [0.1, 0.15) is 25.3 Å². The molecule has 0 aliphatic carbocycles. The van der Waals surface area contributed by atoms with Crippen LogP contribution < -0.4 is 5.32 Å². The van der Waals surface area contributed by atoms with E-state index >= 15 is 0 Å². The van der Waals surface area contributed by atoms with Gasteiger partial charge in [-0.15, -0.1) is 0 Å². The van der Waals surface area contributed by atoms with E-state index in [1.54, 1.807) is 6.07 Å². The molecule has 2 N–H and O–H groups in total. The lowest BCUT2D eigenvalue weighted by molar-refractivity contribution is -0.141. The number of nitrogens with one attached hydrogen (secondary N) is 1. The highest BCUT2D eigenvalue weighted by Crippen LogP contribution is 2.07. The second kappa shape index (κ2) is 6.74. The Balaban J connectivity index is 2.61. The third-order valence-corrected chi connectivity index (χ3v) is 2.52. The molecule has 4 nitrogen and oxygen atoms in total. The lowest BCUT2D eigenvalue weighted by Gasteiger charge is -2.13. The van der Waals surface area contributed by atoms with Gasteiger partial charge in [0.2, 0.25) is 5.91 Å². The summed E-state index contributed by atoms with van der Waals surface area (Å²) in [5.74, 6) is -2.02. The molecule has 1 aromatic carbocycles. The van der Waals surface area contributed by atoms with Gasteiger partial charge in [0.1, 0.15) is 11.9 Å². The Kier molecular flexibility index (Phi) is 5.30. The summed E-state index contributed by atoms with van der Waals surface area (Å²) in [5, 5.41) is 11.3. The SMILES string of the molecule is CCC[C@@H](NC(=O)Cc1ccccc1F)C(=O)O. The number of hydrogen-bond donors (Lipinski definition) is 2. The Morgan fingerprint density at radius 1 is 1.39 bits per heavy atom. The van der Waals surface area contributed by atoms with Crippen LogP contribution in [0.2, 0.25) is 0 Å². The maximum absolute atomic E-state index is 13.3. The average Bonchev–Trinajstić information content (AvgIpc) is 2.31. The van der Waals surface area contributed by atoms with Crippen molar-refractivity contribution in [3.63, 3.8) is 0 Å². The summed E-state index contributed by atoms with van der Waals surface area (Å²) in [6.07, 6.45) is 0.857. The minimum atomic E-state index is -1.07. The fourth-order valence-electron chi connectivity index (χ4n) is 1.61. The smallest absolute Gasteiger partial charge is 0.326 e. The fraction of sp³-hybridized carbons (Fsp3) is 0.385. The maximum atomic E-state index is 13.3. The van der Waals surface area contributed by atoms with E-state index in [4.69, 9.17) is 5.11 Å². The number of carboxylic acids is 1. The summed E-state index contributed by atoms with van der Waals surface area (Å²) in [5.41, 5.74) is 0.260. The minimum absolute atomic E-state index is 0.153. The quantitative estimate of drug-likeness (QED) is 0.811. The van der Waals surface area contributed by atoms with E-state index in [0.29, 0.717) is 12.8 Å². The molecule has 0 aromatic heterocycles. The van der Waals surface area contributed by atoms with Crippen molar-refractivity contribution in [2.75, 3.05) is 0 Å². The third-order valence-electron chi connectivity index (χ3n) is 2.52. The molecule has 0 saturated heterocycles. The van der Waals surface area contributed by atoms with Gasteiger partial charge in [-0.2, -0.15) is 0 Å². The number of hydrogen-bond acceptors (Lipinski definition) is 2. The van der Waals surface area contributed by atoms with Crippen molar-refractivity contribution in [1.29, 1.82) is 0 Å². The normalized spacial score (nSPS) is 11.9. The highest BCUT2D eigenvalue weighted by Gasteiger charge is 2.19. The van der Waals surface area contributed by atoms with Crippen molar-refractivity contribution < 1.29 is 19.1 Å². The van der Waals surface area contributed by atoms with Gasteiger partial charge in [0.05, 0.1) is 6.42 Å². The first-order valence-corrected chi connectivity index (χ1v) is 5.80. The average molecular weight is 253 g/mol. The minimum Gasteiger partial charge on any atom is -0.480 e. The predicted molar refractivity (Wildman–Crippen MR) is 64.6 cm³/mol. The Bertz CT molecular complexity index is 434. The zero-order valence-corrected chi connectivity index (χ0v) is 10.1. The predicted octanol–water partition coefficient (Wildman–Crippen LogP) is 1.74. The highest BCUT2D eigenvalue weighted by atomic mass is 19.1. The first kappa shape index (κ1) is 14.2. The standard InChI is InChI=1S/C13H16FNO3/c1-2-5-11(13(17)18)15-12(16)8-9-6-3-4-7-10(9)14/h3-4,6-7,11H,2,5,8H2,1H3,(H,15,16)(H,17,18)/t11-/m1/s1. The number of carbonyl (C=O) groups is 2. The summed E-state index contributed by atoms with van der Waals surface area (Å²) in [4.78, 5) is 22.5. The van der Waals surface area contributed by atoms with Crippen LogP contribution in [0.25, 0.3) is 0 Å². The molecule has 1 atom stereocenters. The van der Waals surface area contributed by atoms with Gasteiger partial charge >= 0.3 is 5.97 Å². The van der Waals surface area contributed by atoms with Crippen LogP contribution in [0, 0.1) is 5.82 Å². The Morgan fingerprint density at radius 3 is 2.61 bits per heavy atom. The molecule has 18 heavy (non-hydrogen) atoms. The summed E-state index contributed by atoms with van der Waals surface area (Å²) < 4.78 is 13.3. The number of carbonyl (C=O) groups excluding carboxylic acids is 1. The van der Waals surface area contributed by atoms with Crippen molar-refractivity contribution in [2.24, 2.45) is 0 Å². The molecule has 0 bridgehead atoms. The number of benzene rings is 1. The number of rotatable bonds is 6. The van der Waals surface area contributed by atoms with E-state index < -0.39 is 23.7 Å². The van der Waals surface area contributed by atoms with Crippen molar-refractivity contribution in [3.8, 4) is 0 Å². The zero-order chi connectivity index (χ0) is 13.5. The lowest BCUT2D eigenvalue weighted by atomic mass is 10.1. The molecule has 0 unspecified atom stereocenters. The van der Waals surface area contributed by atoms with Gasteiger partial charge in [-0.3, -0.25) is 4.79 Å². The Labute approximate surface area is 105 Å². The Morgan fingerprint density at radius 2 is 2.06 bits per heavy atom. The second-order valence-electron chi connectivity index (χ2n) is 4.02. The molecule has 1 amide bonds. The van der Waals surface area contributed by atoms with Crippen molar-refractivity contribution in [2.45, 2.75) is 32.2 Å². The summed E-state index contributed by atoms with van der Waals surface area (Å²) in [7, 11) is 0. The first-order chi connectivity index (χ1) is 8.54. The first-order valence-electron chi connectivity index (χ1n) is 5.80. The molecule has 1 rings (SSSR count). The lowest BCUT2D eigenvalue weighted by Crippen LogP contribution is -2.41.